The molecular weight excluding hydrogens is 334 g/mol. The summed E-state index contributed by atoms with van der Waals surface area (Å²) >= 11 is 0. The van der Waals surface area contributed by atoms with Crippen LogP contribution in [-0.2, 0) is 15.1 Å². The Morgan fingerprint density at radius 2 is 2.04 bits per heavy atom. The van der Waals surface area contributed by atoms with Crippen molar-refractivity contribution in [2.45, 2.75) is 45.6 Å². The SMILES string of the molecule is CCC(C)c1ccccc1OCC(=O)Nc1cnn(C(C)(C)C(=O)O)c1. The minimum atomic E-state index is -1.20. The zero-order valence-corrected chi connectivity index (χ0v) is 15.5. The van der Waals surface area contributed by atoms with Crippen LogP contribution in [0.15, 0.2) is 36.7 Å². The van der Waals surface area contributed by atoms with Gasteiger partial charge in [0.15, 0.2) is 12.1 Å². The van der Waals surface area contributed by atoms with Gasteiger partial charge < -0.3 is 15.2 Å². The minimum Gasteiger partial charge on any atom is -0.483 e. The number of carbonyl (C=O) groups excluding carboxylic acids is 1. The van der Waals surface area contributed by atoms with Crippen molar-refractivity contribution in [3.8, 4) is 5.75 Å². The van der Waals surface area contributed by atoms with Gasteiger partial charge in [-0.15, -0.1) is 0 Å². The Hall–Kier alpha value is -2.83. The fourth-order valence-corrected chi connectivity index (χ4v) is 2.37. The van der Waals surface area contributed by atoms with Gasteiger partial charge in [-0.25, -0.2) is 4.79 Å². The molecule has 0 aliphatic carbocycles. The summed E-state index contributed by atoms with van der Waals surface area (Å²) in [5.74, 6) is -0.314. The van der Waals surface area contributed by atoms with E-state index in [2.05, 4.69) is 24.3 Å². The lowest BCUT2D eigenvalue weighted by atomic mass is 9.98. The largest absolute Gasteiger partial charge is 0.483 e. The molecule has 2 N–H and O–H groups in total. The number of carboxylic acid groups (broad SMARTS) is 1. The van der Waals surface area contributed by atoms with Crippen LogP contribution in [0.3, 0.4) is 0 Å². The second kappa shape index (κ2) is 8.03. The molecule has 0 radical (unpaired) electrons. The summed E-state index contributed by atoms with van der Waals surface area (Å²) in [5, 5.41) is 15.9. The van der Waals surface area contributed by atoms with Gasteiger partial charge >= 0.3 is 5.97 Å². The number of hydrogen-bond donors (Lipinski definition) is 2. The number of carbonyl (C=O) groups is 2. The van der Waals surface area contributed by atoms with Gasteiger partial charge in [-0.05, 0) is 37.8 Å². The molecule has 1 aromatic carbocycles. The molecule has 2 aromatic rings. The van der Waals surface area contributed by atoms with Crippen molar-refractivity contribution in [3.05, 3.63) is 42.2 Å². The molecule has 1 atom stereocenters. The van der Waals surface area contributed by atoms with Crippen molar-refractivity contribution >= 4 is 17.6 Å². The zero-order valence-electron chi connectivity index (χ0n) is 15.5. The van der Waals surface area contributed by atoms with Crippen LogP contribution in [0.2, 0.25) is 0 Å². The van der Waals surface area contributed by atoms with Crippen molar-refractivity contribution in [1.29, 1.82) is 0 Å². The normalized spacial score (nSPS) is 12.5. The number of para-hydroxylation sites is 1. The summed E-state index contributed by atoms with van der Waals surface area (Å²) < 4.78 is 6.97. The van der Waals surface area contributed by atoms with Crippen molar-refractivity contribution in [2.75, 3.05) is 11.9 Å². The standard InChI is InChI=1S/C19H25N3O4/c1-5-13(2)15-8-6-7-9-16(15)26-12-17(23)21-14-10-20-22(11-14)19(3,4)18(24)25/h6-11,13H,5,12H2,1-4H3,(H,21,23)(H,24,25). The van der Waals surface area contributed by atoms with Gasteiger partial charge in [-0.2, -0.15) is 5.10 Å². The van der Waals surface area contributed by atoms with Gasteiger partial charge in [0, 0.05) is 6.20 Å². The molecule has 0 saturated heterocycles. The molecule has 0 aliphatic rings. The van der Waals surface area contributed by atoms with Crippen molar-refractivity contribution < 1.29 is 19.4 Å². The Labute approximate surface area is 153 Å². The number of rotatable bonds is 8. The highest BCUT2D eigenvalue weighted by molar-refractivity contribution is 5.91. The molecule has 2 rings (SSSR count). The second-order valence-corrected chi connectivity index (χ2v) is 6.72. The fourth-order valence-electron chi connectivity index (χ4n) is 2.37. The quantitative estimate of drug-likeness (QED) is 0.755. The van der Waals surface area contributed by atoms with E-state index in [4.69, 9.17) is 4.74 Å². The van der Waals surface area contributed by atoms with Crippen molar-refractivity contribution in [3.63, 3.8) is 0 Å². The van der Waals surface area contributed by atoms with Crippen LogP contribution in [0.5, 0.6) is 5.75 Å². The molecule has 0 bridgehead atoms. The van der Waals surface area contributed by atoms with E-state index in [0.717, 1.165) is 12.0 Å². The monoisotopic (exact) mass is 359 g/mol. The average Bonchev–Trinajstić information content (AvgIpc) is 3.08. The van der Waals surface area contributed by atoms with Gasteiger partial charge in [-0.3, -0.25) is 9.48 Å². The highest BCUT2D eigenvalue weighted by Crippen LogP contribution is 2.28. The van der Waals surface area contributed by atoms with Gasteiger partial charge in [0.2, 0.25) is 0 Å². The summed E-state index contributed by atoms with van der Waals surface area (Å²) in [6.45, 7) is 7.14. The summed E-state index contributed by atoms with van der Waals surface area (Å²) in [7, 11) is 0. The van der Waals surface area contributed by atoms with Crippen molar-refractivity contribution in [2.24, 2.45) is 0 Å². The number of aliphatic carboxylic acids is 1. The summed E-state index contributed by atoms with van der Waals surface area (Å²) in [4.78, 5) is 23.4. The Bertz CT molecular complexity index is 783. The maximum absolute atomic E-state index is 12.1. The molecule has 0 spiro atoms. The number of nitrogens with zero attached hydrogens (tertiary/aromatic N) is 2. The van der Waals surface area contributed by atoms with Crippen LogP contribution in [-0.4, -0.2) is 33.4 Å². The topological polar surface area (TPSA) is 93.5 Å². The smallest absolute Gasteiger partial charge is 0.331 e. The highest BCUT2D eigenvalue weighted by Gasteiger charge is 2.30. The fraction of sp³-hybridized carbons (Fsp3) is 0.421. The van der Waals surface area contributed by atoms with Crippen LogP contribution in [0, 0.1) is 0 Å². The van der Waals surface area contributed by atoms with Gasteiger partial charge in [0.1, 0.15) is 5.75 Å². The summed E-state index contributed by atoms with van der Waals surface area (Å²) in [5.41, 5.74) is 0.288. The van der Waals surface area contributed by atoms with E-state index >= 15 is 0 Å². The third-order valence-corrected chi connectivity index (χ3v) is 4.38. The number of ether oxygens (including phenoxy) is 1. The predicted molar refractivity (Wildman–Crippen MR) is 98.5 cm³/mol. The molecule has 26 heavy (non-hydrogen) atoms. The van der Waals surface area contributed by atoms with E-state index in [9.17, 15) is 14.7 Å². The first-order chi connectivity index (χ1) is 12.3. The third-order valence-electron chi connectivity index (χ3n) is 4.38. The average molecular weight is 359 g/mol. The molecule has 1 aromatic heterocycles. The molecule has 7 nitrogen and oxygen atoms in total. The lowest BCUT2D eigenvalue weighted by Crippen LogP contribution is -2.35. The molecule has 7 heteroatoms. The first-order valence-corrected chi connectivity index (χ1v) is 8.55. The minimum absolute atomic E-state index is 0.138. The van der Waals surface area contributed by atoms with Crippen LogP contribution in [0.25, 0.3) is 0 Å². The maximum Gasteiger partial charge on any atom is 0.331 e. The van der Waals surface area contributed by atoms with Gasteiger partial charge in [-0.1, -0.05) is 32.0 Å². The maximum atomic E-state index is 12.1. The van der Waals surface area contributed by atoms with Crippen LogP contribution < -0.4 is 10.1 Å². The third kappa shape index (κ3) is 4.41. The summed E-state index contributed by atoms with van der Waals surface area (Å²) in [6, 6.07) is 7.67. The molecule has 1 heterocycles. The van der Waals surface area contributed by atoms with Crippen LogP contribution in [0.4, 0.5) is 5.69 Å². The zero-order chi connectivity index (χ0) is 19.3. The molecule has 1 amide bonds. The Balaban J connectivity index is 1.99. The highest BCUT2D eigenvalue weighted by atomic mass is 16.5. The van der Waals surface area contributed by atoms with Crippen LogP contribution >= 0.6 is 0 Å². The van der Waals surface area contributed by atoms with Crippen molar-refractivity contribution in [1.82, 2.24) is 9.78 Å². The Morgan fingerprint density at radius 3 is 2.69 bits per heavy atom. The predicted octanol–water partition coefficient (Wildman–Crippen LogP) is 3.23. The number of aromatic nitrogens is 2. The molecule has 1 unspecified atom stereocenters. The first kappa shape index (κ1) is 19.5. The summed E-state index contributed by atoms with van der Waals surface area (Å²) in [6.07, 6.45) is 3.87. The molecule has 0 saturated carbocycles. The number of hydrogen-bond acceptors (Lipinski definition) is 4. The molecule has 0 aliphatic heterocycles. The van der Waals surface area contributed by atoms with Gasteiger partial charge in [0.25, 0.3) is 5.91 Å². The van der Waals surface area contributed by atoms with E-state index in [1.54, 1.807) is 0 Å². The van der Waals surface area contributed by atoms with E-state index in [1.807, 2.05) is 24.3 Å². The number of carboxylic acids is 1. The lowest BCUT2D eigenvalue weighted by Gasteiger charge is -2.19. The first-order valence-electron chi connectivity index (χ1n) is 8.55. The van der Waals surface area contributed by atoms with E-state index in [-0.39, 0.29) is 12.5 Å². The molecular formula is C19H25N3O4. The van der Waals surface area contributed by atoms with E-state index in [0.29, 0.717) is 17.4 Å². The van der Waals surface area contributed by atoms with E-state index < -0.39 is 11.5 Å². The lowest BCUT2D eigenvalue weighted by molar-refractivity contribution is -0.146. The van der Waals surface area contributed by atoms with E-state index in [1.165, 1.54) is 30.9 Å². The second-order valence-electron chi connectivity index (χ2n) is 6.72. The number of benzene rings is 1. The number of nitrogens with one attached hydrogen (secondary N) is 1. The Morgan fingerprint density at radius 1 is 1.35 bits per heavy atom. The molecule has 0 fully saturated rings. The molecule has 140 valence electrons. The Kier molecular flexibility index (Phi) is 6.02. The number of anilines is 1. The van der Waals surface area contributed by atoms with Gasteiger partial charge in [0.05, 0.1) is 11.9 Å². The van der Waals surface area contributed by atoms with Crippen LogP contribution in [0.1, 0.15) is 45.6 Å². The number of amides is 1.